The highest BCUT2D eigenvalue weighted by molar-refractivity contribution is 9.10. The van der Waals surface area contributed by atoms with Crippen molar-refractivity contribution in [3.8, 4) is 0 Å². The van der Waals surface area contributed by atoms with Crippen molar-refractivity contribution in [2.45, 2.75) is 19.9 Å². The molecule has 1 rings (SSSR count). The Balaban J connectivity index is 2.57. The molecule has 0 aliphatic carbocycles. The molecule has 0 bridgehead atoms. The van der Waals surface area contributed by atoms with Crippen molar-refractivity contribution in [1.82, 2.24) is 14.7 Å². The van der Waals surface area contributed by atoms with Gasteiger partial charge in [-0.05, 0) is 36.8 Å². The van der Waals surface area contributed by atoms with Crippen LogP contribution in [0.1, 0.15) is 19.9 Å². The van der Waals surface area contributed by atoms with Gasteiger partial charge in [0.15, 0.2) is 0 Å². The van der Waals surface area contributed by atoms with Crippen molar-refractivity contribution >= 4 is 21.6 Å². The summed E-state index contributed by atoms with van der Waals surface area (Å²) in [6.07, 6.45) is 1.68. The smallest absolute Gasteiger partial charge is 0.283 e. The largest absolute Gasteiger partial charge is 0.383 e. The summed E-state index contributed by atoms with van der Waals surface area (Å²) in [6.45, 7) is 7.06. The van der Waals surface area contributed by atoms with Crippen LogP contribution in [0.4, 0.5) is 5.69 Å². The summed E-state index contributed by atoms with van der Waals surface area (Å²) >= 11 is 3.34. The number of nitrogens with zero attached hydrogens (tertiary/aromatic N) is 3. The van der Waals surface area contributed by atoms with Gasteiger partial charge in [-0.3, -0.25) is 4.79 Å². The third-order valence-electron chi connectivity index (χ3n) is 2.92. The molecule has 0 aliphatic rings. The molecule has 0 spiro atoms. The lowest BCUT2D eigenvalue weighted by Gasteiger charge is -2.17. The molecule has 0 radical (unpaired) electrons. The Kier molecular flexibility index (Phi) is 7.18. The van der Waals surface area contributed by atoms with Crippen molar-refractivity contribution < 1.29 is 4.74 Å². The summed E-state index contributed by atoms with van der Waals surface area (Å²) in [5.41, 5.74) is 0.616. The number of anilines is 1. The molecule has 1 aromatic rings. The normalized spacial score (nSPS) is 11.3. The number of hydrogen-bond donors (Lipinski definition) is 1. The van der Waals surface area contributed by atoms with Crippen LogP contribution in [0.3, 0.4) is 0 Å². The van der Waals surface area contributed by atoms with Crippen LogP contribution in [-0.4, -0.2) is 55.1 Å². The molecule has 0 aromatic carbocycles. The second kappa shape index (κ2) is 8.39. The molecule has 1 heterocycles. The second-order valence-electron chi connectivity index (χ2n) is 4.94. The molecular weight excluding hydrogens is 324 g/mol. The second-order valence-corrected chi connectivity index (χ2v) is 5.73. The highest BCUT2D eigenvalue weighted by Crippen LogP contribution is 2.16. The number of halogens is 1. The van der Waals surface area contributed by atoms with E-state index in [0.29, 0.717) is 11.1 Å². The Bertz CT molecular complexity index is 476. The maximum absolute atomic E-state index is 12.1. The number of hydrogen-bond acceptors (Lipinski definition) is 5. The third-order valence-corrected chi connectivity index (χ3v) is 3.69. The Hall–Kier alpha value is -0.920. The molecule has 0 saturated carbocycles. The summed E-state index contributed by atoms with van der Waals surface area (Å²) in [6, 6.07) is 0.0491. The highest BCUT2D eigenvalue weighted by atomic mass is 79.9. The highest BCUT2D eigenvalue weighted by Gasteiger charge is 2.10. The zero-order valence-electron chi connectivity index (χ0n) is 12.5. The van der Waals surface area contributed by atoms with E-state index in [2.05, 4.69) is 31.2 Å². The molecule has 1 aromatic heterocycles. The number of ether oxygens (including phenoxy) is 1. The maximum atomic E-state index is 12.1. The topological polar surface area (TPSA) is 59.4 Å². The average Bonchev–Trinajstić information content (AvgIpc) is 2.40. The first-order valence-corrected chi connectivity index (χ1v) is 7.45. The molecule has 1 N–H and O–H groups in total. The Morgan fingerprint density at radius 2 is 2.20 bits per heavy atom. The van der Waals surface area contributed by atoms with Gasteiger partial charge < -0.3 is 15.0 Å². The van der Waals surface area contributed by atoms with Gasteiger partial charge in [0.05, 0.1) is 24.5 Å². The Labute approximate surface area is 128 Å². The first-order chi connectivity index (χ1) is 9.47. The van der Waals surface area contributed by atoms with Crippen LogP contribution < -0.4 is 10.9 Å². The van der Waals surface area contributed by atoms with Crippen molar-refractivity contribution in [3.63, 3.8) is 0 Å². The van der Waals surface area contributed by atoms with E-state index in [-0.39, 0.29) is 11.6 Å². The molecule has 0 amide bonds. The molecule has 6 nitrogen and oxygen atoms in total. The van der Waals surface area contributed by atoms with Crippen molar-refractivity contribution in [3.05, 3.63) is 21.0 Å². The molecule has 0 fully saturated rings. The van der Waals surface area contributed by atoms with Crippen LogP contribution in [0, 0.1) is 0 Å². The standard InChI is InChI=1S/C13H23BrN4O2/c1-10(2)18-13(19)12(14)11(9-16-18)15-5-6-17(3)7-8-20-4/h9-10,15H,5-8H2,1-4H3. The van der Waals surface area contributed by atoms with E-state index in [1.54, 1.807) is 13.3 Å². The van der Waals surface area contributed by atoms with Gasteiger partial charge in [-0.15, -0.1) is 0 Å². The third kappa shape index (κ3) is 4.88. The fourth-order valence-electron chi connectivity index (χ4n) is 1.68. The molecule has 114 valence electrons. The van der Waals surface area contributed by atoms with E-state index in [9.17, 15) is 4.79 Å². The molecule has 0 atom stereocenters. The Morgan fingerprint density at radius 1 is 1.50 bits per heavy atom. The minimum Gasteiger partial charge on any atom is -0.383 e. The Morgan fingerprint density at radius 3 is 2.80 bits per heavy atom. The molecule has 7 heteroatoms. The quantitative estimate of drug-likeness (QED) is 0.774. The number of methoxy groups -OCH3 is 1. The number of rotatable bonds is 8. The molecular formula is C13H23BrN4O2. The first kappa shape index (κ1) is 17.1. The number of nitrogens with one attached hydrogen (secondary N) is 1. The lowest BCUT2D eigenvalue weighted by Crippen LogP contribution is -2.29. The van der Waals surface area contributed by atoms with Crippen LogP contribution in [0.25, 0.3) is 0 Å². The van der Waals surface area contributed by atoms with Crippen LogP contribution in [0.2, 0.25) is 0 Å². The van der Waals surface area contributed by atoms with Gasteiger partial charge >= 0.3 is 0 Å². The SMILES string of the molecule is COCCN(C)CCNc1cnn(C(C)C)c(=O)c1Br. The molecule has 0 aliphatic heterocycles. The van der Waals surface area contributed by atoms with Gasteiger partial charge in [-0.25, -0.2) is 4.68 Å². The van der Waals surface area contributed by atoms with E-state index in [1.165, 1.54) is 4.68 Å². The predicted molar refractivity (Wildman–Crippen MR) is 84.4 cm³/mol. The van der Waals surface area contributed by atoms with E-state index in [0.717, 1.165) is 25.3 Å². The minimum atomic E-state index is -0.113. The minimum absolute atomic E-state index is 0.0491. The molecule has 0 unspecified atom stereocenters. The lowest BCUT2D eigenvalue weighted by atomic mass is 10.4. The van der Waals surface area contributed by atoms with Crippen molar-refractivity contribution in [1.29, 1.82) is 0 Å². The summed E-state index contributed by atoms with van der Waals surface area (Å²) in [4.78, 5) is 14.2. The zero-order valence-corrected chi connectivity index (χ0v) is 14.1. The first-order valence-electron chi connectivity index (χ1n) is 6.66. The van der Waals surface area contributed by atoms with E-state index < -0.39 is 0 Å². The van der Waals surface area contributed by atoms with Crippen LogP contribution in [0.15, 0.2) is 15.5 Å². The van der Waals surface area contributed by atoms with Gasteiger partial charge in [-0.2, -0.15) is 5.10 Å². The zero-order chi connectivity index (χ0) is 15.1. The van der Waals surface area contributed by atoms with Gasteiger partial charge in [0, 0.05) is 26.7 Å². The van der Waals surface area contributed by atoms with Crippen LogP contribution in [0.5, 0.6) is 0 Å². The van der Waals surface area contributed by atoms with E-state index >= 15 is 0 Å². The number of likely N-dealkylation sites (N-methyl/N-ethyl adjacent to an activating group) is 1. The monoisotopic (exact) mass is 346 g/mol. The summed E-state index contributed by atoms with van der Waals surface area (Å²) < 4.78 is 7.01. The van der Waals surface area contributed by atoms with Gasteiger partial charge in [0.25, 0.3) is 5.56 Å². The summed E-state index contributed by atoms with van der Waals surface area (Å²) in [5, 5.41) is 7.39. The number of aromatic nitrogens is 2. The molecule has 0 saturated heterocycles. The summed E-state index contributed by atoms with van der Waals surface area (Å²) in [7, 11) is 3.73. The van der Waals surface area contributed by atoms with Gasteiger partial charge in [-0.1, -0.05) is 0 Å². The summed E-state index contributed by atoms with van der Waals surface area (Å²) in [5.74, 6) is 0. The maximum Gasteiger partial charge on any atom is 0.283 e. The molecule has 20 heavy (non-hydrogen) atoms. The fourth-order valence-corrected chi connectivity index (χ4v) is 2.10. The fraction of sp³-hybridized carbons (Fsp3) is 0.692. The van der Waals surface area contributed by atoms with Crippen molar-refractivity contribution in [2.75, 3.05) is 45.7 Å². The van der Waals surface area contributed by atoms with E-state index in [4.69, 9.17) is 4.74 Å². The van der Waals surface area contributed by atoms with Gasteiger partial charge in [0.1, 0.15) is 4.47 Å². The van der Waals surface area contributed by atoms with E-state index in [1.807, 2.05) is 20.9 Å². The van der Waals surface area contributed by atoms with Crippen LogP contribution >= 0.6 is 15.9 Å². The average molecular weight is 347 g/mol. The predicted octanol–water partition coefficient (Wildman–Crippen LogP) is 1.58. The van der Waals surface area contributed by atoms with Crippen LogP contribution in [-0.2, 0) is 4.74 Å². The lowest BCUT2D eigenvalue weighted by molar-refractivity contribution is 0.163. The van der Waals surface area contributed by atoms with Crippen molar-refractivity contribution in [2.24, 2.45) is 0 Å². The van der Waals surface area contributed by atoms with Gasteiger partial charge in [0.2, 0.25) is 0 Å².